The lowest BCUT2D eigenvalue weighted by atomic mass is 10.3. The lowest BCUT2D eigenvalue weighted by molar-refractivity contribution is 0.543. The van der Waals surface area contributed by atoms with Gasteiger partial charge in [-0.3, -0.25) is 0 Å². The normalized spacial score (nSPS) is 10.8. The maximum absolute atomic E-state index is 5.53. The van der Waals surface area contributed by atoms with Crippen molar-refractivity contribution in [3.63, 3.8) is 0 Å². The Balaban J connectivity index is 2.46. The quantitative estimate of drug-likeness (QED) is 0.781. The van der Waals surface area contributed by atoms with Gasteiger partial charge in [-0.25, -0.2) is 4.98 Å². The molecule has 2 aromatic heterocycles. The maximum atomic E-state index is 5.53. The molecule has 0 aliphatic carbocycles. The van der Waals surface area contributed by atoms with Crippen molar-refractivity contribution in [3.8, 4) is 11.5 Å². The Morgan fingerprint density at radius 3 is 2.79 bits per heavy atom. The summed E-state index contributed by atoms with van der Waals surface area (Å²) in [6.45, 7) is 2.36. The minimum atomic E-state index is 0.441. The highest BCUT2D eigenvalue weighted by molar-refractivity contribution is 5.52. The minimum absolute atomic E-state index is 0.441. The van der Waals surface area contributed by atoms with Gasteiger partial charge in [0.25, 0.3) is 0 Å². The van der Waals surface area contributed by atoms with Crippen molar-refractivity contribution in [2.45, 2.75) is 13.5 Å². The van der Waals surface area contributed by atoms with Crippen molar-refractivity contribution in [2.24, 2.45) is 12.8 Å². The molecular formula is C10H13N3O. The van der Waals surface area contributed by atoms with Gasteiger partial charge in [0.2, 0.25) is 0 Å². The van der Waals surface area contributed by atoms with Crippen LogP contribution in [0.4, 0.5) is 0 Å². The number of imidazole rings is 1. The topological polar surface area (TPSA) is 57.0 Å². The zero-order chi connectivity index (χ0) is 10.1. The molecule has 0 amide bonds. The lowest BCUT2D eigenvalue weighted by Gasteiger charge is -2.01. The Bertz CT molecular complexity index is 442. The molecule has 0 radical (unpaired) electrons. The molecule has 2 heterocycles. The molecule has 0 fully saturated rings. The average molecular weight is 191 g/mol. The van der Waals surface area contributed by atoms with Gasteiger partial charge in [0.05, 0.1) is 12.7 Å². The van der Waals surface area contributed by atoms with E-state index >= 15 is 0 Å². The summed E-state index contributed by atoms with van der Waals surface area (Å²) in [7, 11) is 1.93. The molecule has 0 atom stereocenters. The standard InChI is InChI=1S/C10H13N3O/c1-7-3-4-9(14-7)8-6-12-10(5-11)13(8)2/h3-4,6H,5,11H2,1-2H3. The van der Waals surface area contributed by atoms with Gasteiger partial charge >= 0.3 is 0 Å². The summed E-state index contributed by atoms with van der Waals surface area (Å²) in [5.74, 6) is 2.58. The zero-order valence-electron chi connectivity index (χ0n) is 8.32. The fourth-order valence-electron chi connectivity index (χ4n) is 1.44. The SMILES string of the molecule is Cc1ccc(-c2cnc(CN)n2C)o1. The fourth-order valence-corrected chi connectivity index (χ4v) is 1.44. The van der Waals surface area contributed by atoms with Crippen molar-refractivity contribution in [3.05, 3.63) is 29.9 Å². The second-order valence-electron chi connectivity index (χ2n) is 3.23. The third-order valence-corrected chi connectivity index (χ3v) is 2.26. The Kier molecular flexibility index (Phi) is 2.13. The third kappa shape index (κ3) is 1.33. The predicted molar refractivity (Wildman–Crippen MR) is 53.5 cm³/mol. The van der Waals surface area contributed by atoms with Crippen LogP contribution in [0.5, 0.6) is 0 Å². The molecule has 0 aliphatic heterocycles. The van der Waals surface area contributed by atoms with Crippen molar-refractivity contribution < 1.29 is 4.42 Å². The number of rotatable bonds is 2. The zero-order valence-corrected chi connectivity index (χ0v) is 8.32. The number of nitrogens with two attached hydrogens (primary N) is 1. The first-order valence-electron chi connectivity index (χ1n) is 4.50. The molecule has 0 saturated carbocycles. The van der Waals surface area contributed by atoms with E-state index in [4.69, 9.17) is 10.2 Å². The summed E-state index contributed by atoms with van der Waals surface area (Å²) < 4.78 is 7.45. The Labute approximate surface area is 82.4 Å². The third-order valence-electron chi connectivity index (χ3n) is 2.26. The van der Waals surface area contributed by atoms with Crippen LogP contribution in [-0.4, -0.2) is 9.55 Å². The van der Waals surface area contributed by atoms with Crippen molar-refractivity contribution in [2.75, 3.05) is 0 Å². The molecule has 74 valence electrons. The molecule has 0 saturated heterocycles. The van der Waals surface area contributed by atoms with E-state index in [9.17, 15) is 0 Å². The van der Waals surface area contributed by atoms with E-state index in [2.05, 4.69) is 4.98 Å². The van der Waals surface area contributed by atoms with Gasteiger partial charge in [-0.2, -0.15) is 0 Å². The monoisotopic (exact) mass is 191 g/mol. The molecule has 0 aromatic carbocycles. The number of furan rings is 1. The van der Waals surface area contributed by atoms with Gasteiger partial charge in [-0.1, -0.05) is 0 Å². The van der Waals surface area contributed by atoms with Crippen molar-refractivity contribution in [1.82, 2.24) is 9.55 Å². The van der Waals surface area contributed by atoms with Gasteiger partial charge in [0.1, 0.15) is 17.3 Å². The largest absolute Gasteiger partial charge is 0.460 e. The highest BCUT2D eigenvalue weighted by Crippen LogP contribution is 2.21. The maximum Gasteiger partial charge on any atom is 0.152 e. The number of hydrogen-bond acceptors (Lipinski definition) is 3. The van der Waals surface area contributed by atoms with Gasteiger partial charge < -0.3 is 14.7 Å². The molecule has 0 aliphatic rings. The van der Waals surface area contributed by atoms with E-state index in [1.807, 2.05) is 30.7 Å². The summed E-state index contributed by atoms with van der Waals surface area (Å²) in [6.07, 6.45) is 1.78. The van der Waals surface area contributed by atoms with Crippen LogP contribution >= 0.6 is 0 Å². The average Bonchev–Trinajstić information content (AvgIpc) is 2.72. The van der Waals surface area contributed by atoms with E-state index in [0.29, 0.717) is 6.54 Å². The number of hydrogen-bond donors (Lipinski definition) is 1. The van der Waals surface area contributed by atoms with Crippen LogP contribution < -0.4 is 5.73 Å². The van der Waals surface area contributed by atoms with E-state index in [-0.39, 0.29) is 0 Å². The molecule has 0 bridgehead atoms. The van der Waals surface area contributed by atoms with Gasteiger partial charge in [-0.05, 0) is 19.1 Å². The first-order chi connectivity index (χ1) is 6.72. The van der Waals surface area contributed by atoms with Crippen LogP contribution in [0.3, 0.4) is 0 Å². The molecule has 0 unspecified atom stereocenters. The first kappa shape index (κ1) is 9.02. The van der Waals surface area contributed by atoms with Crippen molar-refractivity contribution in [1.29, 1.82) is 0 Å². The summed E-state index contributed by atoms with van der Waals surface area (Å²) in [5.41, 5.74) is 6.49. The molecule has 0 spiro atoms. The first-order valence-corrected chi connectivity index (χ1v) is 4.50. The Hall–Kier alpha value is -1.55. The van der Waals surface area contributed by atoms with Crippen molar-refractivity contribution >= 4 is 0 Å². The fraction of sp³-hybridized carbons (Fsp3) is 0.300. The second kappa shape index (κ2) is 3.31. The molecule has 14 heavy (non-hydrogen) atoms. The highest BCUT2D eigenvalue weighted by atomic mass is 16.3. The number of nitrogens with zero attached hydrogens (tertiary/aromatic N) is 2. The molecule has 2 rings (SSSR count). The van der Waals surface area contributed by atoms with E-state index < -0.39 is 0 Å². The molecule has 4 heteroatoms. The van der Waals surface area contributed by atoms with Crippen LogP contribution in [0, 0.1) is 6.92 Å². The van der Waals surface area contributed by atoms with Crippen LogP contribution in [-0.2, 0) is 13.6 Å². The molecule has 2 N–H and O–H groups in total. The Morgan fingerprint density at radius 2 is 2.29 bits per heavy atom. The predicted octanol–water partition coefficient (Wildman–Crippen LogP) is 1.45. The van der Waals surface area contributed by atoms with E-state index in [1.165, 1.54) is 0 Å². The van der Waals surface area contributed by atoms with Crippen LogP contribution in [0.15, 0.2) is 22.7 Å². The highest BCUT2D eigenvalue weighted by Gasteiger charge is 2.09. The summed E-state index contributed by atoms with van der Waals surface area (Å²) >= 11 is 0. The van der Waals surface area contributed by atoms with E-state index in [0.717, 1.165) is 23.0 Å². The van der Waals surface area contributed by atoms with Gasteiger partial charge in [-0.15, -0.1) is 0 Å². The summed E-state index contributed by atoms with van der Waals surface area (Å²) in [5, 5.41) is 0. The minimum Gasteiger partial charge on any atom is -0.460 e. The van der Waals surface area contributed by atoms with Crippen LogP contribution in [0.25, 0.3) is 11.5 Å². The lowest BCUT2D eigenvalue weighted by Crippen LogP contribution is -2.05. The number of aromatic nitrogens is 2. The van der Waals surface area contributed by atoms with Crippen LogP contribution in [0.1, 0.15) is 11.6 Å². The summed E-state index contributed by atoms with van der Waals surface area (Å²) in [4.78, 5) is 4.20. The Morgan fingerprint density at radius 1 is 1.50 bits per heavy atom. The van der Waals surface area contributed by atoms with Crippen LogP contribution in [0.2, 0.25) is 0 Å². The molecule has 4 nitrogen and oxygen atoms in total. The van der Waals surface area contributed by atoms with E-state index in [1.54, 1.807) is 6.20 Å². The summed E-state index contributed by atoms with van der Waals surface area (Å²) in [6, 6.07) is 3.87. The van der Waals surface area contributed by atoms with Gasteiger partial charge in [0, 0.05) is 7.05 Å². The smallest absolute Gasteiger partial charge is 0.152 e. The molecular weight excluding hydrogens is 178 g/mol. The molecule has 2 aromatic rings. The van der Waals surface area contributed by atoms with Gasteiger partial charge in [0.15, 0.2) is 5.76 Å². The second-order valence-corrected chi connectivity index (χ2v) is 3.23. The number of aryl methyl sites for hydroxylation is 1.